The second-order valence-electron chi connectivity index (χ2n) is 5.54. The van der Waals surface area contributed by atoms with Crippen molar-refractivity contribution in [2.75, 3.05) is 19.0 Å². The summed E-state index contributed by atoms with van der Waals surface area (Å²) in [6.07, 6.45) is -1.09. The molecule has 0 aromatic heterocycles. The minimum Gasteiger partial charge on any atom is -0.497 e. The van der Waals surface area contributed by atoms with Gasteiger partial charge in [0.1, 0.15) is 18.1 Å². The van der Waals surface area contributed by atoms with Gasteiger partial charge >= 0.3 is 5.97 Å². The van der Waals surface area contributed by atoms with Gasteiger partial charge in [-0.1, -0.05) is 6.07 Å². The number of carbonyl (C=O) groups is 3. The van der Waals surface area contributed by atoms with Gasteiger partial charge in [-0.3, -0.25) is 14.4 Å². The van der Waals surface area contributed by atoms with Crippen molar-refractivity contribution in [1.82, 2.24) is 5.32 Å². The molecule has 0 saturated carbocycles. The van der Waals surface area contributed by atoms with Crippen molar-refractivity contribution in [3.63, 3.8) is 0 Å². The van der Waals surface area contributed by atoms with Crippen molar-refractivity contribution in [2.24, 2.45) is 0 Å². The molecule has 0 spiro atoms. The molecule has 142 valence electrons. The van der Waals surface area contributed by atoms with Crippen molar-refractivity contribution in [2.45, 2.75) is 13.0 Å². The van der Waals surface area contributed by atoms with E-state index in [1.807, 2.05) is 0 Å². The third kappa shape index (κ3) is 6.10. The monoisotopic (exact) mass is 374 g/mol. The van der Waals surface area contributed by atoms with Crippen molar-refractivity contribution < 1.29 is 28.2 Å². The Labute approximate surface area is 155 Å². The molecule has 2 aromatic rings. The van der Waals surface area contributed by atoms with Crippen molar-refractivity contribution in [3.05, 3.63) is 59.9 Å². The molecule has 2 aromatic carbocycles. The smallest absolute Gasteiger partial charge is 0.326 e. The van der Waals surface area contributed by atoms with Gasteiger partial charge in [-0.25, -0.2) is 4.39 Å². The van der Waals surface area contributed by atoms with Gasteiger partial charge in [-0.05, 0) is 49.4 Å². The van der Waals surface area contributed by atoms with Crippen LogP contribution < -0.4 is 15.4 Å². The molecule has 2 N–H and O–H groups in total. The van der Waals surface area contributed by atoms with Gasteiger partial charge in [-0.15, -0.1) is 0 Å². The second-order valence-corrected chi connectivity index (χ2v) is 5.54. The Balaban J connectivity index is 1.80. The Bertz CT molecular complexity index is 823. The molecular formula is C19H19FN2O5. The van der Waals surface area contributed by atoms with Crippen LogP contribution in [0.25, 0.3) is 0 Å². The number of esters is 1. The SMILES string of the molecule is COc1cccc(C(=O)NCC(=O)O[C@@H](C)C(=O)Nc2ccc(F)cc2)c1. The van der Waals surface area contributed by atoms with Crippen LogP contribution in [0.2, 0.25) is 0 Å². The summed E-state index contributed by atoms with van der Waals surface area (Å²) in [5, 5.41) is 4.90. The van der Waals surface area contributed by atoms with E-state index in [2.05, 4.69) is 10.6 Å². The molecule has 0 saturated heterocycles. The minimum absolute atomic E-state index is 0.323. The van der Waals surface area contributed by atoms with E-state index < -0.39 is 36.2 Å². The molecule has 8 heteroatoms. The molecule has 0 aliphatic heterocycles. The van der Waals surface area contributed by atoms with Crippen LogP contribution in [-0.2, 0) is 14.3 Å². The number of benzene rings is 2. The zero-order valence-corrected chi connectivity index (χ0v) is 14.8. The lowest BCUT2D eigenvalue weighted by Gasteiger charge is -2.14. The molecule has 0 fully saturated rings. The molecule has 0 bridgehead atoms. The highest BCUT2D eigenvalue weighted by atomic mass is 19.1. The first-order valence-electron chi connectivity index (χ1n) is 8.07. The lowest BCUT2D eigenvalue weighted by molar-refractivity contribution is -0.152. The van der Waals surface area contributed by atoms with Crippen LogP contribution in [0.4, 0.5) is 10.1 Å². The predicted octanol–water partition coefficient (Wildman–Crippen LogP) is 2.13. The summed E-state index contributed by atoms with van der Waals surface area (Å²) in [4.78, 5) is 35.8. The number of methoxy groups -OCH3 is 1. The first-order valence-corrected chi connectivity index (χ1v) is 8.07. The molecule has 27 heavy (non-hydrogen) atoms. The fourth-order valence-electron chi connectivity index (χ4n) is 2.09. The summed E-state index contributed by atoms with van der Waals surface area (Å²) in [6.45, 7) is 0.991. The minimum atomic E-state index is -1.09. The lowest BCUT2D eigenvalue weighted by atomic mass is 10.2. The summed E-state index contributed by atoms with van der Waals surface area (Å²) in [5.74, 6) is -1.74. The van der Waals surface area contributed by atoms with Gasteiger partial charge in [0.2, 0.25) is 0 Å². The number of ether oxygens (including phenoxy) is 2. The van der Waals surface area contributed by atoms with Crippen molar-refractivity contribution in [3.8, 4) is 5.75 Å². The van der Waals surface area contributed by atoms with Crippen molar-refractivity contribution in [1.29, 1.82) is 0 Å². The lowest BCUT2D eigenvalue weighted by Crippen LogP contribution is -2.35. The molecule has 0 heterocycles. The Morgan fingerprint density at radius 1 is 1.11 bits per heavy atom. The highest BCUT2D eigenvalue weighted by Gasteiger charge is 2.18. The topological polar surface area (TPSA) is 93.7 Å². The van der Waals surface area contributed by atoms with Crippen LogP contribution in [-0.4, -0.2) is 37.5 Å². The number of anilines is 1. The van der Waals surface area contributed by atoms with Gasteiger partial charge < -0.3 is 20.1 Å². The highest BCUT2D eigenvalue weighted by molar-refractivity contribution is 5.97. The Kier molecular flexibility index (Phi) is 6.87. The summed E-state index contributed by atoms with van der Waals surface area (Å²) >= 11 is 0. The first-order chi connectivity index (χ1) is 12.9. The summed E-state index contributed by atoms with van der Waals surface area (Å²) < 4.78 is 22.8. The Morgan fingerprint density at radius 3 is 2.48 bits per heavy atom. The average Bonchev–Trinajstić information content (AvgIpc) is 2.67. The van der Waals surface area contributed by atoms with Crippen LogP contribution in [0.1, 0.15) is 17.3 Å². The number of carbonyl (C=O) groups excluding carboxylic acids is 3. The van der Waals surface area contributed by atoms with E-state index in [4.69, 9.17) is 9.47 Å². The maximum atomic E-state index is 12.8. The summed E-state index contributed by atoms with van der Waals surface area (Å²) in [7, 11) is 1.48. The largest absolute Gasteiger partial charge is 0.497 e. The highest BCUT2D eigenvalue weighted by Crippen LogP contribution is 2.12. The molecule has 2 amide bonds. The third-order valence-electron chi connectivity index (χ3n) is 3.51. The van der Waals surface area contributed by atoms with E-state index in [0.717, 1.165) is 0 Å². The normalized spacial score (nSPS) is 11.2. The number of hydrogen-bond donors (Lipinski definition) is 2. The number of halogens is 1. The van der Waals surface area contributed by atoms with Crippen LogP contribution in [0.5, 0.6) is 5.75 Å². The molecule has 0 aliphatic rings. The Morgan fingerprint density at radius 2 is 1.81 bits per heavy atom. The molecule has 0 aliphatic carbocycles. The maximum Gasteiger partial charge on any atom is 0.326 e. The number of nitrogens with one attached hydrogen (secondary N) is 2. The molecule has 0 radical (unpaired) electrons. The van der Waals surface area contributed by atoms with E-state index in [-0.39, 0.29) is 0 Å². The van der Waals surface area contributed by atoms with Gasteiger partial charge in [-0.2, -0.15) is 0 Å². The zero-order chi connectivity index (χ0) is 19.8. The van der Waals surface area contributed by atoms with E-state index >= 15 is 0 Å². The molecule has 1 atom stereocenters. The second kappa shape index (κ2) is 9.33. The Hall–Kier alpha value is -3.42. The van der Waals surface area contributed by atoms with Crippen LogP contribution >= 0.6 is 0 Å². The van der Waals surface area contributed by atoms with Crippen LogP contribution in [0, 0.1) is 5.82 Å². The number of rotatable bonds is 7. The zero-order valence-electron chi connectivity index (χ0n) is 14.8. The van der Waals surface area contributed by atoms with E-state index in [1.165, 1.54) is 44.4 Å². The fraction of sp³-hybridized carbons (Fsp3) is 0.211. The van der Waals surface area contributed by atoms with Gasteiger partial charge in [0, 0.05) is 11.3 Å². The standard InChI is InChI=1S/C19H19FN2O5/c1-12(18(24)22-15-8-6-14(20)7-9-15)27-17(23)11-21-19(25)13-4-3-5-16(10-13)26-2/h3-10,12H,11H2,1-2H3,(H,21,25)(H,22,24)/t12-/m0/s1. The fourth-order valence-corrected chi connectivity index (χ4v) is 2.09. The van der Waals surface area contributed by atoms with Gasteiger partial charge in [0.15, 0.2) is 6.10 Å². The quantitative estimate of drug-likeness (QED) is 0.724. The maximum absolute atomic E-state index is 12.8. The van der Waals surface area contributed by atoms with Gasteiger partial charge in [0.05, 0.1) is 7.11 Å². The molecule has 0 unspecified atom stereocenters. The first kappa shape index (κ1) is 19.9. The summed E-state index contributed by atoms with van der Waals surface area (Å²) in [5.41, 5.74) is 0.694. The molecular weight excluding hydrogens is 355 g/mol. The summed E-state index contributed by atoms with van der Waals surface area (Å²) in [6, 6.07) is 11.6. The molecule has 2 rings (SSSR count). The van der Waals surface area contributed by atoms with E-state index in [9.17, 15) is 18.8 Å². The van der Waals surface area contributed by atoms with Crippen LogP contribution in [0.3, 0.4) is 0 Å². The van der Waals surface area contributed by atoms with Gasteiger partial charge in [0.25, 0.3) is 11.8 Å². The van der Waals surface area contributed by atoms with E-state index in [1.54, 1.807) is 18.2 Å². The van der Waals surface area contributed by atoms with E-state index in [0.29, 0.717) is 17.0 Å². The third-order valence-corrected chi connectivity index (χ3v) is 3.51. The van der Waals surface area contributed by atoms with Crippen LogP contribution in [0.15, 0.2) is 48.5 Å². The average molecular weight is 374 g/mol. The number of hydrogen-bond acceptors (Lipinski definition) is 5. The van der Waals surface area contributed by atoms with Crippen molar-refractivity contribution >= 4 is 23.5 Å². The number of amides is 2. The predicted molar refractivity (Wildman–Crippen MR) is 95.9 cm³/mol. The molecule has 7 nitrogen and oxygen atoms in total.